The summed E-state index contributed by atoms with van der Waals surface area (Å²) in [6.07, 6.45) is 3.14. The van der Waals surface area contributed by atoms with Crippen molar-refractivity contribution in [3.8, 4) is 11.5 Å². The number of benzene rings is 1. The number of hydrogen-bond acceptors (Lipinski definition) is 6. The normalized spacial score (nSPS) is 16.1. The van der Waals surface area contributed by atoms with Crippen molar-refractivity contribution in [1.29, 1.82) is 0 Å². The van der Waals surface area contributed by atoms with Gasteiger partial charge in [0.05, 0.1) is 32.0 Å². The fourth-order valence-corrected chi connectivity index (χ4v) is 3.35. The number of carbonyl (C=O) groups excluding carboxylic acids is 1. The topological polar surface area (TPSA) is 85.7 Å². The summed E-state index contributed by atoms with van der Waals surface area (Å²) in [5.74, 6) is 1.32. The van der Waals surface area contributed by atoms with Crippen LogP contribution in [-0.4, -0.2) is 49.5 Å². The van der Waals surface area contributed by atoms with Gasteiger partial charge in [0.2, 0.25) is 5.91 Å². The van der Waals surface area contributed by atoms with Gasteiger partial charge in [-0.05, 0) is 30.5 Å². The molecule has 8 nitrogen and oxygen atoms in total. The lowest BCUT2D eigenvalue weighted by Gasteiger charge is -2.18. The van der Waals surface area contributed by atoms with Gasteiger partial charge in [-0.1, -0.05) is 6.07 Å². The monoisotopic (exact) mass is 386 g/mol. The maximum Gasteiger partial charge on any atom is 0.268 e. The van der Waals surface area contributed by atoms with Gasteiger partial charge in [-0.25, -0.2) is 4.68 Å². The molecular weight excluding hydrogens is 360 g/mol. The van der Waals surface area contributed by atoms with E-state index in [2.05, 4.69) is 10.4 Å². The maximum atomic E-state index is 12.5. The van der Waals surface area contributed by atoms with Crippen LogP contribution in [0, 0.1) is 5.92 Å². The van der Waals surface area contributed by atoms with Crippen molar-refractivity contribution in [1.82, 2.24) is 15.1 Å². The van der Waals surface area contributed by atoms with E-state index >= 15 is 0 Å². The molecule has 28 heavy (non-hydrogen) atoms. The minimum Gasteiger partial charge on any atom is -0.493 e. The molecule has 3 rings (SSSR count). The number of rotatable bonds is 7. The third-order valence-corrected chi connectivity index (χ3v) is 5.04. The van der Waals surface area contributed by atoms with E-state index in [4.69, 9.17) is 9.47 Å². The van der Waals surface area contributed by atoms with E-state index in [0.29, 0.717) is 31.0 Å². The number of nitrogens with one attached hydrogen (secondary N) is 1. The Morgan fingerprint density at radius 1 is 1.25 bits per heavy atom. The van der Waals surface area contributed by atoms with E-state index in [0.717, 1.165) is 24.2 Å². The summed E-state index contributed by atoms with van der Waals surface area (Å²) in [6.45, 7) is 1.89. The van der Waals surface area contributed by atoms with Crippen LogP contribution in [0.5, 0.6) is 11.5 Å². The maximum absolute atomic E-state index is 12.5. The van der Waals surface area contributed by atoms with Crippen LogP contribution in [0.15, 0.2) is 35.3 Å². The number of carbonyl (C=O) groups is 1. The molecule has 2 heterocycles. The van der Waals surface area contributed by atoms with Crippen molar-refractivity contribution < 1.29 is 14.3 Å². The lowest BCUT2D eigenvalue weighted by atomic mass is 10.1. The van der Waals surface area contributed by atoms with E-state index in [1.807, 2.05) is 23.1 Å². The molecule has 1 aromatic carbocycles. The van der Waals surface area contributed by atoms with Crippen molar-refractivity contribution in [3.63, 3.8) is 0 Å². The van der Waals surface area contributed by atoms with Gasteiger partial charge in [0.25, 0.3) is 5.56 Å². The van der Waals surface area contributed by atoms with Gasteiger partial charge in [0, 0.05) is 32.7 Å². The van der Waals surface area contributed by atoms with Gasteiger partial charge in [-0.15, -0.1) is 0 Å². The first kappa shape index (κ1) is 19.7. The summed E-state index contributed by atoms with van der Waals surface area (Å²) in [6, 6.07) is 7.31. The Balaban J connectivity index is 1.50. The zero-order valence-electron chi connectivity index (χ0n) is 16.5. The standard InChI is InChI=1S/C20H26N4O4/c1-23-19(25)11-16(12-22-23)24-9-7-15(13-24)20(26)21-8-6-14-4-5-17(27-2)18(10-14)28-3/h4-5,10-12,15H,6-9,13H2,1-3H3,(H,21,26). The summed E-state index contributed by atoms with van der Waals surface area (Å²) < 4.78 is 11.8. The van der Waals surface area contributed by atoms with E-state index < -0.39 is 0 Å². The average Bonchev–Trinajstić information content (AvgIpc) is 3.20. The number of nitrogens with zero attached hydrogens (tertiary/aromatic N) is 3. The van der Waals surface area contributed by atoms with E-state index in [1.165, 1.54) is 4.68 Å². The van der Waals surface area contributed by atoms with Crippen LogP contribution in [0.25, 0.3) is 0 Å². The summed E-state index contributed by atoms with van der Waals surface area (Å²) in [4.78, 5) is 26.3. The van der Waals surface area contributed by atoms with Crippen LogP contribution in [0.3, 0.4) is 0 Å². The number of amides is 1. The largest absolute Gasteiger partial charge is 0.493 e. The first-order valence-electron chi connectivity index (χ1n) is 9.28. The molecule has 1 aliphatic heterocycles. The molecule has 1 saturated heterocycles. The minimum atomic E-state index is -0.152. The SMILES string of the molecule is COc1ccc(CCNC(=O)C2CCN(c3cnn(C)c(=O)c3)C2)cc1OC. The molecule has 0 saturated carbocycles. The molecule has 1 aromatic heterocycles. The second-order valence-electron chi connectivity index (χ2n) is 6.84. The molecule has 2 aromatic rings. The fraction of sp³-hybridized carbons (Fsp3) is 0.450. The second kappa shape index (κ2) is 8.77. The van der Waals surface area contributed by atoms with Gasteiger partial charge in [-0.2, -0.15) is 5.10 Å². The average molecular weight is 386 g/mol. The number of hydrogen-bond donors (Lipinski definition) is 1. The quantitative estimate of drug-likeness (QED) is 0.764. The number of ether oxygens (including phenoxy) is 2. The number of aromatic nitrogens is 2. The molecule has 1 amide bonds. The van der Waals surface area contributed by atoms with Crippen molar-refractivity contribution in [3.05, 3.63) is 46.4 Å². The molecule has 0 aliphatic carbocycles. The van der Waals surface area contributed by atoms with Crippen LogP contribution in [-0.2, 0) is 18.3 Å². The van der Waals surface area contributed by atoms with Crippen molar-refractivity contribution in [2.75, 3.05) is 38.8 Å². The molecule has 0 spiro atoms. The van der Waals surface area contributed by atoms with E-state index in [1.54, 1.807) is 33.5 Å². The van der Waals surface area contributed by atoms with Crippen LogP contribution in [0.1, 0.15) is 12.0 Å². The zero-order valence-corrected chi connectivity index (χ0v) is 16.5. The molecular formula is C20H26N4O4. The molecule has 150 valence electrons. The lowest BCUT2D eigenvalue weighted by Crippen LogP contribution is -2.34. The molecule has 1 aliphatic rings. The molecule has 1 unspecified atom stereocenters. The van der Waals surface area contributed by atoms with Crippen molar-refractivity contribution in [2.24, 2.45) is 13.0 Å². The van der Waals surface area contributed by atoms with Gasteiger partial charge in [0.15, 0.2) is 11.5 Å². The first-order chi connectivity index (χ1) is 13.5. The van der Waals surface area contributed by atoms with Gasteiger partial charge >= 0.3 is 0 Å². The highest BCUT2D eigenvalue weighted by Gasteiger charge is 2.28. The van der Waals surface area contributed by atoms with E-state index in [-0.39, 0.29) is 17.4 Å². The van der Waals surface area contributed by atoms with Crippen LogP contribution in [0.4, 0.5) is 5.69 Å². The Kier molecular flexibility index (Phi) is 6.18. The van der Waals surface area contributed by atoms with Gasteiger partial charge < -0.3 is 19.7 Å². The zero-order chi connectivity index (χ0) is 20.1. The molecule has 0 radical (unpaired) electrons. The molecule has 8 heteroatoms. The highest BCUT2D eigenvalue weighted by Crippen LogP contribution is 2.27. The van der Waals surface area contributed by atoms with Crippen LogP contribution >= 0.6 is 0 Å². The predicted octanol–water partition coefficient (Wildman–Crippen LogP) is 0.983. The number of anilines is 1. The van der Waals surface area contributed by atoms with Crippen molar-refractivity contribution >= 4 is 11.6 Å². The number of aryl methyl sites for hydroxylation is 1. The third-order valence-electron chi connectivity index (χ3n) is 5.04. The third kappa shape index (κ3) is 4.44. The summed E-state index contributed by atoms with van der Waals surface area (Å²) in [5.41, 5.74) is 1.68. The Morgan fingerprint density at radius 2 is 2.04 bits per heavy atom. The first-order valence-corrected chi connectivity index (χ1v) is 9.28. The molecule has 0 bridgehead atoms. The fourth-order valence-electron chi connectivity index (χ4n) is 3.35. The predicted molar refractivity (Wildman–Crippen MR) is 106 cm³/mol. The molecule has 1 N–H and O–H groups in total. The van der Waals surface area contributed by atoms with Gasteiger partial charge in [-0.3, -0.25) is 9.59 Å². The Bertz CT molecular complexity index is 896. The highest BCUT2D eigenvalue weighted by atomic mass is 16.5. The lowest BCUT2D eigenvalue weighted by molar-refractivity contribution is -0.124. The Morgan fingerprint density at radius 3 is 2.75 bits per heavy atom. The van der Waals surface area contributed by atoms with E-state index in [9.17, 15) is 9.59 Å². The second-order valence-corrected chi connectivity index (χ2v) is 6.84. The van der Waals surface area contributed by atoms with Crippen molar-refractivity contribution in [2.45, 2.75) is 12.8 Å². The Labute approximate surface area is 164 Å². The number of methoxy groups -OCH3 is 2. The van der Waals surface area contributed by atoms with Crippen LogP contribution < -0.4 is 25.2 Å². The summed E-state index contributed by atoms with van der Waals surface area (Å²) >= 11 is 0. The summed E-state index contributed by atoms with van der Waals surface area (Å²) in [7, 11) is 4.82. The highest BCUT2D eigenvalue weighted by molar-refractivity contribution is 5.80. The molecule has 1 atom stereocenters. The van der Waals surface area contributed by atoms with Gasteiger partial charge in [0.1, 0.15) is 0 Å². The Hall–Kier alpha value is -3.03. The summed E-state index contributed by atoms with van der Waals surface area (Å²) in [5, 5.41) is 7.06. The molecule has 1 fully saturated rings. The minimum absolute atomic E-state index is 0.0415. The van der Waals surface area contributed by atoms with Crippen LogP contribution in [0.2, 0.25) is 0 Å². The smallest absolute Gasteiger partial charge is 0.268 e.